The van der Waals surface area contributed by atoms with Gasteiger partial charge in [0.15, 0.2) is 11.5 Å². The summed E-state index contributed by atoms with van der Waals surface area (Å²) in [5, 5.41) is 12.8. The van der Waals surface area contributed by atoms with Crippen LogP contribution in [-0.2, 0) is 0 Å². The Kier molecular flexibility index (Phi) is 4.72. The van der Waals surface area contributed by atoms with Crippen LogP contribution in [0.5, 0.6) is 17.4 Å². The summed E-state index contributed by atoms with van der Waals surface area (Å²) in [6.07, 6.45) is 0. The van der Waals surface area contributed by atoms with Gasteiger partial charge in [-0.2, -0.15) is 0 Å². The van der Waals surface area contributed by atoms with Crippen LogP contribution in [0.15, 0.2) is 83.3 Å². The Balaban J connectivity index is 2.01. The molecule has 0 saturated carbocycles. The van der Waals surface area contributed by atoms with Crippen LogP contribution in [-0.4, -0.2) is 14.2 Å². The van der Waals surface area contributed by atoms with Crippen molar-refractivity contribution in [2.45, 2.75) is 0 Å². The Bertz CT molecular complexity index is 1090. The molecule has 1 heterocycles. The van der Waals surface area contributed by atoms with E-state index < -0.39 is 5.95 Å². The molecule has 4 rings (SSSR count). The van der Waals surface area contributed by atoms with Gasteiger partial charge in [0.05, 0.1) is 25.8 Å². The highest BCUT2D eigenvalue weighted by Crippen LogP contribution is 2.34. The zero-order valence-corrected chi connectivity index (χ0v) is 15.6. The van der Waals surface area contributed by atoms with Gasteiger partial charge in [-0.05, 0) is 30.3 Å². The number of hydrogen-bond donors (Lipinski definition) is 0. The molecule has 1 aromatic heterocycles. The van der Waals surface area contributed by atoms with E-state index in [1.54, 1.807) is 14.2 Å². The Morgan fingerprint density at radius 2 is 1.36 bits per heavy atom. The Morgan fingerprint density at radius 3 is 1.96 bits per heavy atom. The number of methoxy groups -OCH3 is 2. The number of rotatable bonds is 5. The molecule has 0 aliphatic heterocycles. The third-order valence-corrected chi connectivity index (χ3v) is 4.50. The first kappa shape index (κ1) is 17.7. The topological polar surface area (TPSA) is 58.5 Å². The lowest BCUT2D eigenvalue weighted by Crippen LogP contribution is -2.33. The molecule has 140 valence electrons. The summed E-state index contributed by atoms with van der Waals surface area (Å²) in [5.74, 6) is 1.23. The molecule has 0 aliphatic rings. The van der Waals surface area contributed by atoms with Gasteiger partial charge >= 0.3 is 0 Å². The summed E-state index contributed by atoms with van der Waals surface area (Å²) in [5.41, 5.74) is 2.76. The summed E-state index contributed by atoms with van der Waals surface area (Å²) < 4.78 is 18.3. The normalized spacial score (nSPS) is 10.6. The molecule has 0 radical (unpaired) electrons. The highest BCUT2D eigenvalue weighted by molar-refractivity contribution is 5.64. The highest BCUT2D eigenvalue weighted by atomic mass is 16.5. The third-order valence-electron chi connectivity index (χ3n) is 4.50. The maximum Gasteiger partial charge on any atom is 0.275 e. The summed E-state index contributed by atoms with van der Waals surface area (Å²) in [6.45, 7) is 0. The molecule has 0 bridgehead atoms. The van der Waals surface area contributed by atoms with E-state index in [2.05, 4.69) is 0 Å². The quantitative estimate of drug-likeness (QED) is 0.497. The molecule has 0 unspecified atom stereocenters. The van der Waals surface area contributed by atoms with Crippen molar-refractivity contribution in [1.82, 2.24) is 0 Å². The predicted octanol–water partition coefficient (Wildman–Crippen LogP) is 3.98. The van der Waals surface area contributed by atoms with Crippen molar-refractivity contribution in [3.63, 3.8) is 0 Å². The van der Waals surface area contributed by atoms with Crippen LogP contribution in [0.25, 0.3) is 28.4 Å². The summed E-state index contributed by atoms with van der Waals surface area (Å²) >= 11 is 0. The smallest absolute Gasteiger partial charge is 0.275 e. The molecule has 28 heavy (non-hydrogen) atoms. The van der Waals surface area contributed by atoms with Crippen LogP contribution in [0.3, 0.4) is 0 Å². The van der Waals surface area contributed by atoms with Gasteiger partial charge in [-0.1, -0.05) is 36.4 Å². The van der Waals surface area contributed by atoms with Crippen molar-refractivity contribution < 1.29 is 23.6 Å². The zero-order chi connectivity index (χ0) is 19.5. The minimum Gasteiger partial charge on any atom is -0.540 e. The van der Waals surface area contributed by atoms with Gasteiger partial charge in [-0.25, -0.2) is 0 Å². The first-order valence-electron chi connectivity index (χ1n) is 8.82. The number of nitrogens with zero attached hydrogens (tertiary/aromatic N) is 1. The van der Waals surface area contributed by atoms with Gasteiger partial charge in [0.1, 0.15) is 5.95 Å². The molecule has 0 amide bonds. The molecule has 0 saturated heterocycles. The molecule has 5 heteroatoms. The van der Waals surface area contributed by atoms with Crippen LogP contribution in [0.2, 0.25) is 0 Å². The fourth-order valence-corrected chi connectivity index (χ4v) is 3.20. The lowest BCUT2D eigenvalue weighted by atomic mass is 10.1. The molecule has 4 aromatic rings. The Morgan fingerprint density at radius 1 is 0.750 bits per heavy atom. The van der Waals surface area contributed by atoms with Gasteiger partial charge in [-0.15, -0.1) is 4.57 Å². The van der Waals surface area contributed by atoms with Crippen molar-refractivity contribution in [2.75, 3.05) is 14.2 Å². The SMILES string of the molecule is COc1ccc(-[n+]2c(-c3ccccc3)oc([O-])c2-c2ccccc2)cc1OC. The monoisotopic (exact) mass is 373 g/mol. The van der Waals surface area contributed by atoms with Gasteiger partial charge < -0.3 is 19.0 Å². The van der Waals surface area contributed by atoms with Crippen molar-refractivity contribution in [3.8, 4) is 45.8 Å². The molecule has 0 atom stereocenters. The van der Waals surface area contributed by atoms with E-state index in [1.165, 1.54) is 0 Å². The number of ether oxygens (including phenoxy) is 2. The average Bonchev–Trinajstić information content (AvgIpc) is 3.11. The molecular weight excluding hydrogens is 354 g/mol. The Labute approximate surface area is 163 Å². The average molecular weight is 373 g/mol. The van der Waals surface area contributed by atoms with Crippen LogP contribution in [0, 0.1) is 0 Å². The van der Waals surface area contributed by atoms with E-state index >= 15 is 0 Å². The third kappa shape index (κ3) is 3.07. The van der Waals surface area contributed by atoms with Crippen LogP contribution >= 0.6 is 0 Å². The van der Waals surface area contributed by atoms with Crippen molar-refractivity contribution in [1.29, 1.82) is 0 Å². The van der Waals surface area contributed by atoms with Gasteiger partial charge in [0, 0.05) is 11.6 Å². The van der Waals surface area contributed by atoms with Crippen molar-refractivity contribution >= 4 is 0 Å². The predicted molar refractivity (Wildman–Crippen MR) is 104 cm³/mol. The van der Waals surface area contributed by atoms with Crippen molar-refractivity contribution in [2.24, 2.45) is 0 Å². The van der Waals surface area contributed by atoms with E-state index in [0.29, 0.717) is 23.1 Å². The lowest BCUT2D eigenvalue weighted by Gasteiger charge is -2.09. The van der Waals surface area contributed by atoms with Gasteiger partial charge in [-0.3, -0.25) is 0 Å². The number of benzene rings is 3. The minimum atomic E-state index is -0.403. The second-order valence-electron chi connectivity index (χ2n) is 6.15. The number of aromatic nitrogens is 1. The largest absolute Gasteiger partial charge is 0.540 e. The maximum atomic E-state index is 12.8. The highest BCUT2D eigenvalue weighted by Gasteiger charge is 2.27. The van der Waals surface area contributed by atoms with Crippen LogP contribution in [0.1, 0.15) is 0 Å². The van der Waals surface area contributed by atoms with E-state index in [1.807, 2.05) is 83.4 Å². The summed E-state index contributed by atoms with van der Waals surface area (Å²) in [7, 11) is 3.17. The molecule has 0 fully saturated rings. The first-order valence-corrected chi connectivity index (χ1v) is 8.82. The fourth-order valence-electron chi connectivity index (χ4n) is 3.20. The molecular formula is C23H19NO4. The first-order chi connectivity index (χ1) is 13.7. The molecule has 0 N–H and O–H groups in total. The van der Waals surface area contributed by atoms with Crippen LogP contribution in [0.4, 0.5) is 0 Å². The van der Waals surface area contributed by atoms with Gasteiger partial charge in [0.2, 0.25) is 11.4 Å². The fraction of sp³-hybridized carbons (Fsp3) is 0.0870. The van der Waals surface area contributed by atoms with Crippen molar-refractivity contribution in [3.05, 3.63) is 78.9 Å². The maximum absolute atomic E-state index is 12.8. The molecule has 0 spiro atoms. The molecule has 3 aromatic carbocycles. The number of oxazole rings is 1. The van der Waals surface area contributed by atoms with E-state index in [4.69, 9.17) is 13.9 Å². The number of hydrogen-bond acceptors (Lipinski definition) is 4. The Hall–Kier alpha value is -3.73. The lowest BCUT2D eigenvalue weighted by molar-refractivity contribution is -0.576. The van der Waals surface area contributed by atoms with Gasteiger partial charge in [0.25, 0.3) is 5.89 Å². The molecule has 5 nitrogen and oxygen atoms in total. The van der Waals surface area contributed by atoms with E-state index in [0.717, 1.165) is 16.8 Å². The summed E-state index contributed by atoms with van der Waals surface area (Å²) in [4.78, 5) is 0. The van der Waals surface area contributed by atoms with Crippen LogP contribution < -0.4 is 19.1 Å². The second kappa shape index (κ2) is 7.48. The van der Waals surface area contributed by atoms with E-state index in [9.17, 15) is 5.11 Å². The minimum absolute atomic E-state index is 0.403. The molecule has 0 aliphatic carbocycles. The second-order valence-corrected chi connectivity index (χ2v) is 6.15. The van der Waals surface area contributed by atoms with E-state index in [-0.39, 0.29) is 0 Å². The summed E-state index contributed by atoms with van der Waals surface area (Å²) in [6, 6.07) is 24.5. The zero-order valence-electron chi connectivity index (χ0n) is 15.6. The standard InChI is InChI=1S/C23H19NO4/c1-26-19-14-13-18(15-20(19)27-2)24-21(16-9-5-3-6-10-16)23(25)28-22(24)17-11-7-4-8-12-17/h3-15H,1-2H3.